The van der Waals surface area contributed by atoms with E-state index in [1.54, 1.807) is 20.8 Å². The average molecular weight is 547 g/mol. The number of likely N-dealkylation sites (N-methyl/N-ethyl adjacent to an activating group) is 1. The van der Waals surface area contributed by atoms with Crippen molar-refractivity contribution >= 4 is 50.3 Å². The molecule has 1 aromatic carbocycles. The summed E-state index contributed by atoms with van der Waals surface area (Å²) in [6.45, 7) is 10.8. The first-order chi connectivity index (χ1) is 17.2. The summed E-state index contributed by atoms with van der Waals surface area (Å²) in [7, 11) is -0.690. The quantitative estimate of drug-likeness (QED) is 0.120. The molecule has 0 aliphatic carbocycles. The second kappa shape index (κ2) is 10.8. The first-order valence-corrected chi connectivity index (χ1v) is 16.2. The van der Waals surface area contributed by atoms with Gasteiger partial charge >= 0.3 is 6.03 Å². The van der Waals surface area contributed by atoms with Crippen molar-refractivity contribution < 1.29 is 28.4 Å². The number of nitrogens with one attached hydrogen (secondary N) is 1. The molecular weight excluding hydrogens is 512 g/mol. The first-order valence-electron chi connectivity index (χ1n) is 11.9. The Balaban J connectivity index is 1.93. The second-order valence-electron chi connectivity index (χ2n) is 10.6. The summed E-state index contributed by atoms with van der Waals surface area (Å²) in [5, 5.41) is 1.95. The fraction of sp³-hybridized carbons (Fsp3) is 0.480. The maximum absolute atomic E-state index is 13.4. The third-order valence-corrected chi connectivity index (χ3v) is 8.44. The molecule has 12 heteroatoms. The number of hydrogen-bond donors (Lipinski definition) is 1. The summed E-state index contributed by atoms with van der Waals surface area (Å²) in [6.07, 6.45) is 1.12. The summed E-state index contributed by atoms with van der Waals surface area (Å²) < 4.78 is 7.31. The predicted molar refractivity (Wildman–Crippen MR) is 142 cm³/mol. The van der Waals surface area contributed by atoms with Gasteiger partial charge in [-0.05, 0) is 69.6 Å². The molecule has 2 fully saturated rings. The van der Waals surface area contributed by atoms with E-state index >= 15 is 0 Å². The van der Waals surface area contributed by atoms with E-state index in [-0.39, 0.29) is 12.3 Å². The van der Waals surface area contributed by atoms with Gasteiger partial charge in [0.15, 0.2) is 8.32 Å². The maximum Gasteiger partial charge on any atom is 0.337 e. The normalized spacial score (nSPS) is 22.7. The number of allylic oxidation sites excluding steroid dienone is 1. The molecule has 1 N–H and O–H groups in total. The van der Waals surface area contributed by atoms with Gasteiger partial charge in [0.25, 0.3) is 11.8 Å². The molecule has 0 spiro atoms. The molecule has 0 radical (unpaired) electrons. The average Bonchev–Trinajstić information content (AvgIpc) is 2.96. The van der Waals surface area contributed by atoms with Gasteiger partial charge < -0.3 is 14.6 Å². The molecule has 3 unspecified atom stereocenters. The van der Waals surface area contributed by atoms with Gasteiger partial charge in [-0.15, -0.1) is 0 Å². The van der Waals surface area contributed by atoms with E-state index in [9.17, 15) is 24.0 Å². The van der Waals surface area contributed by atoms with E-state index in [1.807, 2.05) is 50.0 Å². The predicted octanol–water partition coefficient (Wildman–Crippen LogP) is 2.53. The summed E-state index contributed by atoms with van der Waals surface area (Å²) in [4.78, 5) is 66.3. The van der Waals surface area contributed by atoms with Crippen molar-refractivity contribution in [2.45, 2.75) is 70.0 Å². The van der Waals surface area contributed by atoms with E-state index in [4.69, 9.17) is 4.43 Å². The molecule has 2 aliphatic heterocycles. The van der Waals surface area contributed by atoms with Crippen LogP contribution in [-0.4, -0.2) is 82.7 Å². The molecule has 10 nitrogen and oxygen atoms in total. The number of carbonyl (C=O) groups is 5. The highest BCUT2D eigenvalue weighted by Gasteiger charge is 2.58. The molecule has 37 heavy (non-hydrogen) atoms. The Bertz CT molecular complexity index is 1120. The van der Waals surface area contributed by atoms with Crippen LogP contribution in [0, 0.1) is 0 Å². The largest absolute Gasteiger partial charge is 0.394 e. The van der Waals surface area contributed by atoms with Gasteiger partial charge in [-0.25, -0.2) is 9.10 Å². The fourth-order valence-corrected chi connectivity index (χ4v) is 6.27. The number of nitrogens with zero attached hydrogens (tertiary/aromatic N) is 3. The van der Waals surface area contributed by atoms with Crippen LogP contribution in [0.5, 0.6) is 0 Å². The second-order valence-corrected chi connectivity index (χ2v) is 16.1. The van der Waals surface area contributed by atoms with E-state index < -0.39 is 49.3 Å². The maximum atomic E-state index is 13.4. The number of rotatable bonds is 10. The van der Waals surface area contributed by atoms with Crippen LogP contribution in [0.2, 0.25) is 19.6 Å². The van der Waals surface area contributed by atoms with E-state index in [1.165, 1.54) is 22.9 Å². The van der Waals surface area contributed by atoms with Crippen molar-refractivity contribution in [2.75, 3.05) is 7.05 Å². The summed E-state index contributed by atoms with van der Waals surface area (Å²) >= 11 is 0.877. The number of urea groups is 1. The molecule has 2 aliphatic rings. The Kier molecular flexibility index (Phi) is 8.35. The standard InChI is InChI=1S/C25H34N4O6SSi/c1-16(13-14-30)21(35-37(5,6)7)28-20(32)19(26-18(31)15-17-11-9-8-10-12-17)22(28)36-29-23(33)25(2,3)27(4)24(29)34/h8-14,19,21-22H,15H2,1-7H3,(H,26,31). The molecule has 2 saturated heterocycles. The molecule has 0 saturated carbocycles. The van der Waals surface area contributed by atoms with E-state index in [0.717, 1.165) is 21.8 Å². The Morgan fingerprint density at radius 2 is 1.81 bits per heavy atom. The lowest BCUT2D eigenvalue weighted by Crippen LogP contribution is -2.73. The summed E-state index contributed by atoms with van der Waals surface area (Å²) in [6, 6.07) is 7.60. The zero-order valence-electron chi connectivity index (χ0n) is 22.2. The number of likely N-dealkylation sites (tertiary alicyclic amines) is 1. The van der Waals surface area contributed by atoms with Gasteiger partial charge in [-0.3, -0.25) is 24.1 Å². The molecule has 5 amide bonds. The lowest BCUT2D eigenvalue weighted by atomic mass is 10.0. The molecule has 200 valence electrons. The third kappa shape index (κ3) is 5.97. The Morgan fingerprint density at radius 1 is 1.19 bits per heavy atom. The number of amides is 5. The van der Waals surface area contributed by atoms with Crippen molar-refractivity contribution in [1.29, 1.82) is 0 Å². The van der Waals surface area contributed by atoms with Crippen molar-refractivity contribution in [3.63, 3.8) is 0 Å². The number of carbonyl (C=O) groups excluding carboxylic acids is 5. The van der Waals surface area contributed by atoms with Crippen LogP contribution < -0.4 is 5.32 Å². The van der Waals surface area contributed by atoms with Gasteiger partial charge in [0.05, 0.1) is 6.42 Å². The van der Waals surface area contributed by atoms with Crippen molar-refractivity contribution in [3.8, 4) is 0 Å². The van der Waals surface area contributed by atoms with Gasteiger partial charge in [0.1, 0.15) is 29.5 Å². The number of benzene rings is 1. The summed E-state index contributed by atoms with van der Waals surface area (Å²) in [5.74, 6) is -1.22. The molecule has 0 aromatic heterocycles. The van der Waals surface area contributed by atoms with E-state index in [2.05, 4.69) is 5.32 Å². The highest BCUT2D eigenvalue weighted by atomic mass is 32.2. The zero-order chi connectivity index (χ0) is 27.7. The number of hydrogen-bond acceptors (Lipinski definition) is 7. The van der Waals surface area contributed by atoms with Crippen LogP contribution in [-0.2, 0) is 30.0 Å². The van der Waals surface area contributed by atoms with Crippen LogP contribution in [0.25, 0.3) is 0 Å². The highest BCUT2D eigenvalue weighted by Crippen LogP contribution is 2.41. The van der Waals surface area contributed by atoms with Crippen molar-refractivity contribution in [1.82, 2.24) is 19.4 Å². The minimum atomic E-state index is -2.23. The Morgan fingerprint density at radius 3 is 2.32 bits per heavy atom. The smallest absolute Gasteiger partial charge is 0.337 e. The van der Waals surface area contributed by atoms with Crippen LogP contribution in [0.15, 0.2) is 42.0 Å². The lowest BCUT2D eigenvalue weighted by molar-refractivity contribution is -0.159. The van der Waals surface area contributed by atoms with Crippen LogP contribution >= 0.6 is 11.9 Å². The number of β-lactam (4-membered cyclic amide) rings is 1. The van der Waals surface area contributed by atoms with Crippen LogP contribution in [0.4, 0.5) is 4.79 Å². The minimum absolute atomic E-state index is 0.0677. The van der Waals surface area contributed by atoms with Crippen LogP contribution in [0.1, 0.15) is 26.3 Å². The van der Waals surface area contributed by atoms with Crippen LogP contribution in [0.3, 0.4) is 0 Å². The number of imide groups is 1. The summed E-state index contributed by atoms with van der Waals surface area (Å²) in [5.41, 5.74) is 0.226. The fourth-order valence-electron chi connectivity index (χ4n) is 3.93. The molecule has 1 aromatic rings. The highest BCUT2D eigenvalue weighted by molar-refractivity contribution is 7.98. The van der Waals surface area contributed by atoms with Gasteiger partial charge in [-0.1, -0.05) is 30.3 Å². The van der Waals surface area contributed by atoms with Gasteiger partial charge in [0, 0.05) is 7.05 Å². The van der Waals surface area contributed by atoms with Crippen molar-refractivity contribution in [3.05, 3.63) is 47.5 Å². The third-order valence-electron chi connectivity index (χ3n) is 6.26. The molecule has 0 bridgehead atoms. The SMILES string of the molecule is CC(=CC=O)C(O[Si](C)(C)C)N1C(=O)C(NC(=O)Cc2ccccc2)C1SN1C(=O)N(C)C(C)(C)C1=O. The minimum Gasteiger partial charge on any atom is -0.394 e. The lowest BCUT2D eigenvalue weighted by Gasteiger charge is -2.51. The molecule has 3 rings (SSSR count). The monoisotopic (exact) mass is 546 g/mol. The topological polar surface area (TPSA) is 116 Å². The van der Waals surface area contributed by atoms with Gasteiger partial charge in [-0.2, -0.15) is 0 Å². The number of aldehydes is 1. The van der Waals surface area contributed by atoms with Crippen molar-refractivity contribution in [2.24, 2.45) is 0 Å². The Labute approximate surface area is 222 Å². The van der Waals surface area contributed by atoms with Gasteiger partial charge in [0.2, 0.25) is 5.91 Å². The molecule has 2 heterocycles. The van der Waals surface area contributed by atoms with E-state index in [0.29, 0.717) is 11.9 Å². The zero-order valence-corrected chi connectivity index (χ0v) is 24.0. The Hall–Kier alpha value is -2.96. The molecular formula is C25H34N4O6SSi. The molecule has 3 atom stereocenters. The first kappa shape index (κ1) is 28.6.